The normalized spacial score (nSPS) is 35.7. The van der Waals surface area contributed by atoms with Crippen LogP contribution < -0.4 is 0 Å². The van der Waals surface area contributed by atoms with Crippen molar-refractivity contribution in [2.75, 3.05) is 0 Å². The van der Waals surface area contributed by atoms with E-state index in [1.54, 1.807) is 11.1 Å². The maximum atomic E-state index is 2.41. The molecule has 1 fully saturated rings. The number of rotatable bonds is 0. The SMILES string of the molecule is CC1=C2CC2C(C)(C)CC1. The Labute approximate surface area is 63.3 Å². The average Bonchev–Trinajstić information content (AvgIpc) is 2.58. The highest BCUT2D eigenvalue weighted by Gasteiger charge is 2.45. The zero-order valence-electron chi connectivity index (χ0n) is 7.20. The van der Waals surface area contributed by atoms with Crippen molar-refractivity contribution in [3.63, 3.8) is 0 Å². The van der Waals surface area contributed by atoms with Gasteiger partial charge in [0.25, 0.3) is 0 Å². The highest BCUT2D eigenvalue weighted by molar-refractivity contribution is 5.34. The van der Waals surface area contributed by atoms with Gasteiger partial charge >= 0.3 is 0 Å². The zero-order valence-corrected chi connectivity index (χ0v) is 7.20. The fourth-order valence-corrected chi connectivity index (χ4v) is 2.23. The van der Waals surface area contributed by atoms with Crippen LogP contribution in [0, 0.1) is 11.3 Å². The summed E-state index contributed by atoms with van der Waals surface area (Å²) in [6.07, 6.45) is 4.19. The van der Waals surface area contributed by atoms with Crippen LogP contribution in [0.3, 0.4) is 0 Å². The first-order valence-electron chi connectivity index (χ1n) is 4.30. The standard InChI is InChI=1S/C10H16/c1-7-4-5-10(2,3)9-6-8(7)9/h9H,4-6H2,1-3H3. The molecule has 2 aliphatic rings. The van der Waals surface area contributed by atoms with Crippen LogP contribution in [-0.2, 0) is 0 Å². The Hall–Kier alpha value is -0.260. The molecule has 2 rings (SSSR count). The summed E-state index contributed by atoms with van der Waals surface area (Å²) in [5.74, 6) is 0.973. The molecule has 1 atom stereocenters. The Morgan fingerprint density at radius 3 is 2.70 bits per heavy atom. The molecule has 10 heavy (non-hydrogen) atoms. The second kappa shape index (κ2) is 1.66. The Balaban J connectivity index is 2.28. The Bertz CT molecular complexity index is 196. The predicted octanol–water partition coefficient (Wildman–Crippen LogP) is 3.14. The van der Waals surface area contributed by atoms with Crippen LogP contribution in [0.1, 0.15) is 40.0 Å². The molecule has 0 radical (unpaired) electrons. The minimum Gasteiger partial charge on any atom is -0.0738 e. The van der Waals surface area contributed by atoms with Gasteiger partial charge in [-0.1, -0.05) is 25.0 Å². The molecule has 0 amide bonds. The van der Waals surface area contributed by atoms with Gasteiger partial charge in [-0.25, -0.2) is 0 Å². The maximum absolute atomic E-state index is 2.41. The summed E-state index contributed by atoms with van der Waals surface area (Å²) < 4.78 is 0. The highest BCUT2D eigenvalue weighted by Crippen LogP contribution is 2.57. The topological polar surface area (TPSA) is 0 Å². The van der Waals surface area contributed by atoms with Crippen molar-refractivity contribution in [3.8, 4) is 0 Å². The summed E-state index contributed by atoms with van der Waals surface area (Å²) in [5.41, 5.74) is 4.12. The average molecular weight is 136 g/mol. The van der Waals surface area contributed by atoms with E-state index < -0.39 is 0 Å². The van der Waals surface area contributed by atoms with Gasteiger partial charge in [-0.3, -0.25) is 0 Å². The van der Waals surface area contributed by atoms with E-state index in [4.69, 9.17) is 0 Å². The maximum Gasteiger partial charge on any atom is -0.0112 e. The minimum absolute atomic E-state index is 0.634. The van der Waals surface area contributed by atoms with Crippen molar-refractivity contribution in [1.82, 2.24) is 0 Å². The van der Waals surface area contributed by atoms with Gasteiger partial charge in [0.2, 0.25) is 0 Å². The third-order valence-corrected chi connectivity index (χ3v) is 3.32. The van der Waals surface area contributed by atoms with Crippen molar-refractivity contribution >= 4 is 0 Å². The summed E-state index contributed by atoms with van der Waals surface area (Å²) in [7, 11) is 0. The molecule has 56 valence electrons. The summed E-state index contributed by atoms with van der Waals surface area (Å²) in [4.78, 5) is 0. The van der Waals surface area contributed by atoms with Crippen molar-refractivity contribution in [2.24, 2.45) is 11.3 Å². The van der Waals surface area contributed by atoms with Gasteiger partial charge in [0.15, 0.2) is 0 Å². The molecule has 0 heteroatoms. The van der Waals surface area contributed by atoms with Crippen molar-refractivity contribution in [1.29, 1.82) is 0 Å². The molecule has 0 aromatic heterocycles. The number of hydrogen-bond acceptors (Lipinski definition) is 0. The lowest BCUT2D eigenvalue weighted by atomic mass is 9.78. The molecular weight excluding hydrogens is 120 g/mol. The fraction of sp³-hybridized carbons (Fsp3) is 0.800. The Morgan fingerprint density at radius 1 is 1.40 bits per heavy atom. The molecule has 0 spiro atoms. The molecular formula is C10H16. The van der Waals surface area contributed by atoms with E-state index in [1.807, 2.05) is 0 Å². The van der Waals surface area contributed by atoms with Crippen LogP contribution in [-0.4, -0.2) is 0 Å². The van der Waals surface area contributed by atoms with E-state index in [0.717, 1.165) is 5.92 Å². The lowest BCUT2D eigenvalue weighted by molar-refractivity contribution is 0.283. The van der Waals surface area contributed by atoms with Crippen molar-refractivity contribution in [3.05, 3.63) is 11.1 Å². The molecule has 0 aliphatic heterocycles. The number of allylic oxidation sites excluding steroid dienone is 2. The third kappa shape index (κ3) is 0.744. The monoisotopic (exact) mass is 136 g/mol. The summed E-state index contributed by atoms with van der Waals surface area (Å²) in [5, 5.41) is 0. The van der Waals surface area contributed by atoms with Gasteiger partial charge in [-0.05, 0) is 37.5 Å². The first-order chi connectivity index (χ1) is 4.61. The largest absolute Gasteiger partial charge is 0.0738 e. The smallest absolute Gasteiger partial charge is 0.0112 e. The molecule has 0 aromatic rings. The molecule has 0 N–H and O–H groups in total. The third-order valence-electron chi connectivity index (χ3n) is 3.32. The van der Waals surface area contributed by atoms with Crippen molar-refractivity contribution < 1.29 is 0 Å². The summed E-state index contributed by atoms with van der Waals surface area (Å²) in [6, 6.07) is 0. The van der Waals surface area contributed by atoms with E-state index in [1.165, 1.54) is 19.3 Å². The van der Waals surface area contributed by atoms with Crippen LogP contribution in [0.2, 0.25) is 0 Å². The highest BCUT2D eigenvalue weighted by atomic mass is 14.5. The van der Waals surface area contributed by atoms with Crippen molar-refractivity contribution in [2.45, 2.75) is 40.0 Å². The van der Waals surface area contributed by atoms with E-state index in [9.17, 15) is 0 Å². The van der Waals surface area contributed by atoms with Crippen LogP contribution in [0.15, 0.2) is 11.1 Å². The summed E-state index contributed by atoms with van der Waals surface area (Å²) >= 11 is 0. The molecule has 0 nitrogen and oxygen atoms in total. The molecule has 0 aromatic carbocycles. The lowest BCUT2D eigenvalue weighted by Crippen LogP contribution is -2.16. The first kappa shape index (κ1) is 6.45. The zero-order chi connectivity index (χ0) is 7.35. The second-order valence-corrected chi connectivity index (χ2v) is 4.55. The first-order valence-corrected chi connectivity index (χ1v) is 4.30. The van der Waals surface area contributed by atoms with Gasteiger partial charge in [-0.15, -0.1) is 0 Å². The van der Waals surface area contributed by atoms with Gasteiger partial charge in [0, 0.05) is 0 Å². The molecule has 0 heterocycles. The number of fused-ring (bicyclic) bond motifs is 1. The van der Waals surface area contributed by atoms with E-state index >= 15 is 0 Å². The van der Waals surface area contributed by atoms with E-state index in [2.05, 4.69) is 20.8 Å². The van der Waals surface area contributed by atoms with E-state index in [-0.39, 0.29) is 0 Å². The molecule has 1 unspecified atom stereocenters. The lowest BCUT2D eigenvalue weighted by Gasteiger charge is -2.27. The molecule has 0 bridgehead atoms. The second-order valence-electron chi connectivity index (χ2n) is 4.55. The van der Waals surface area contributed by atoms with Crippen LogP contribution in [0.5, 0.6) is 0 Å². The Kier molecular flexibility index (Phi) is 1.07. The van der Waals surface area contributed by atoms with Gasteiger partial charge < -0.3 is 0 Å². The van der Waals surface area contributed by atoms with Gasteiger partial charge in [0.1, 0.15) is 0 Å². The minimum atomic E-state index is 0.634. The van der Waals surface area contributed by atoms with Crippen LogP contribution in [0.4, 0.5) is 0 Å². The predicted molar refractivity (Wildman–Crippen MR) is 43.8 cm³/mol. The molecule has 2 aliphatic carbocycles. The Morgan fingerprint density at radius 2 is 2.10 bits per heavy atom. The van der Waals surface area contributed by atoms with Crippen LogP contribution >= 0.6 is 0 Å². The van der Waals surface area contributed by atoms with Crippen LogP contribution in [0.25, 0.3) is 0 Å². The quantitative estimate of drug-likeness (QED) is 0.449. The number of hydrogen-bond donors (Lipinski definition) is 0. The fourth-order valence-electron chi connectivity index (χ4n) is 2.23. The summed E-state index contributed by atoms with van der Waals surface area (Å²) in [6.45, 7) is 7.14. The van der Waals surface area contributed by atoms with Gasteiger partial charge in [0.05, 0.1) is 0 Å². The molecule has 1 saturated carbocycles. The molecule has 0 saturated heterocycles. The van der Waals surface area contributed by atoms with Gasteiger partial charge in [-0.2, -0.15) is 0 Å². The van der Waals surface area contributed by atoms with E-state index in [0.29, 0.717) is 5.41 Å².